The van der Waals surface area contributed by atoms with Crippen molar-refractivity contribution in [2.24, 2.45) is 0 Å². The molecule has 5 rings (SSSR count). The largest absolute Gasteiger partial charge is 0.327 e. The van der Waals surface area contributed by atoms with Crippen molar-refractivity contribution < 1.29 is 14.5 Å². The number of anilines is 1. The fourth-order valence-corrected chi connectivity index (χ4v) is 4.71. The summed E-state index contributed by atoms with van der Waals surface area (Å²) >= 11 is 0. The van der Waals surface area contributed by atoms with Gasteiger partial charge in [-0.15, -0.1) is 0 Å². The lowest BCUT2D eigenvalue weighted by molar-refractivity contribution is -0.929. The number of hydrazine groups is 1. The summed E-state index contributed by atoms with van der Waals surface area (Å²) in [7, 11) is 0. The van der Waals surface area contributed by atoms with Crippen LogP contribution in [-0.4, -0.2) is 18.4 Å². The maximum absolute atomic E-state index is 12.7. The maximum Gasteiger partial charge on any atom is 0.269 e. The van der Waals surface area contributed by atoms with Gasteiger partial charge in [-0.1, -0.05) is 73.3 Å². The SMILES string of the molecule is C=C(NNC(=O)c1ccc(C[NH+]2CCc3ccccc3C2)cc1)c1cccc(NC(=O)c2ccccc2)c1. The molecule has 0 aliphatic carbocycles. The summed E-state index contributed by atoms with van der Waals surface area (Å²) in [5, 5.41) is 2.89. The first-order valence-electron chi connectivity index (χ1n) is 12.8. The van der Waals surface area contributed by atoms with E-state index in [0.717, 1.165) is 31.6 Å². The molecule has 0 aromatic heterocycles. The molecule has 0 saturated carbocycles. The average Bonchev–Trinajstić information content (AvgIpc) is 2.96. The van der Waals surface area contributed by atoms with Crippen LogP contribution in [0.15, 0.2) is 110 Å². The number of quaternary nitrogens is 1. The minimum absolute atomic E-state index is 0.190. The van der Waals surface area contributed by atoms with Gasteiger partial charge < -0.3 is 10.2 Å². The van der Waals surface area contributed by atoms with E-state index in [-0.39, 0.29) is 11.8 Å². The van der Waals surface area contributed by atoms with Crippen molar-refractivity contribution in [3.63, 3.8) is 0 Å². The van der Waals surface area contributed by atoms with E-state index in [1.165, 1.54) is 21.6 Å². The molecular formula is C32H31N4O2+. The van der Waals surface area contributed by atoms with Crippen LogP contribution in [0.4, 0.5) is 5.69 Å². The topological polar surface area (TPSA) is 74.7 Å². The third kappa shape index (κ3) is 6.17. The van der Waals surface area contributed by atoms with E-state index in [4.69, 9.17) is 0 Å². The minimum atomic E-state index is -0.245. The highest BCUT2D eigenvalue weighted by Gasteiger charge is 2.19. The average molecular weight is 504 g/mol. The van der Waals surface area contributed by atoms with Gasteiger partial charge in [0.1, 0.15) is 13.1 Å². The molecule has 190 valence electrons. The normalized spacial score (nSPS) is 14.2. The summed E-state index contributed by atoms with van der Waals surface area (Å²) in [4.78, 5) is 26.7. The highest BCUT2D eigenvalue weighted by atomic mass is 16.2. The van der Waals surface area contributed by atoms with Gasteiger partial charge in [-0.2, -0.15) is 0 Å². The van der Waals surface area contributed by atoms with Gasteiger partial charge in [0.05, 0.1) is 12.2 Å². The molecule has 6 nitrogen and oxygen atoms in total. The molecule has 0 saturated heterocycles. The number of carbonyl (C=O) groups excluding carboxylic acids is 2. The Morgan fingerprint density at radius 2 is 1.39 bits per heavy atom. The second-order valence-electron chi connectivity index (χ2n) is 9.53. The van der Waals surface area contributed by atoms with Gasteiger partial charge in [-0.25, -0.2) is 0 Å². The van der Waals surface area contributed by atoms with Crippen molar-refractivity contribution in [1.82, 2.24) is 10.9 Å². The number of amides is 2. The van der Waals surface area contributed by atoms with Crippen molar-refractivity contribution in [3.05, 3.63) is 143 Å². The van der Waals surface area contributed by atoms with Crippen LogP contribution in [-0.2, 0) is 19.5 Å². The molecule has 1 aliphatic rings. The van der Waals surface area contributed by atoms with Crippen LogP contribution in [0.3, 0.4) is 0 Å². The molecule has 4 aromatic rings. The third-order valence-corrected chi connectivity index (χ3v) is 6.81. The Hall–Kier alpha value is -4.68. The Balaban J connectivity index is 1.13. The first-order chi connectivity index (χ1) is 18.5. The molecule has 1 unspecified atom stereocenters. The van der Waals surface area contributed by atoms with E-state index in [0.29, 0.717) is 22.5 Å². The fraction of sp³-hybridized carbons (Fsp3) is 0.125. The molecule has 0 radical (unpaired) electrons. The zero-order valence-corrected chi connectivity index (χ0v) is 21.2. The highest BCUT2D eigenvalue weighted by Crippen LogP contribution is 2.17. The van der Waals surface area contributed by atoms with Gasteiger partial charge in [0.25, 0.3) is 11.8 Å². The van der Waals surface area contributed by atoms with Crippen LogP contribution in [0.5, 0.6) is 0 Å². The van der Waals surface area contributed by atoms with Gasteiger partial charge in [0, 0.05) is 39.9 Å². The van der Waals surface area contributed by atoms with Crippen LogP contribution in [0.25, 0.3) is 5.70 Å². The smallest absolute Gasteiger partial charge is 0.269 e. The molecule has 1 aliphatic heterocycles. The van der Waals surface area contributed by atoms with Crippen molar-refractivity contribution in [2.75, 3.05) is 11.9 Å². The molecule has 0 fully saturated rings. The molecule has 6 heteroatoms. The Morgan fingerprint density at radius 1 is 0.711 bits per heavy atom. The number of rotatable bonds is 8. The van der Waals surface area contributed by atoms with Crippen molar-refractivity contribution in [3.8, 4) is 0 Å². The number of hydrogen-bond acceptors (Lipinski definition) is 3. The van der Waals surface area contributed by atoms with Gasteiger partial charge >= 0.3 is 0 Å². The van der Waals surface area contributed by atoms with E-state index >= 15 is 0 Å². The lowest BCUT2D eigenvalue weighted by Crippen LogP contribution is -3.10. The highest BCUT2D eigenvalue weighted by molar-refractivity contribution is 6.04. The van der Waals surface area contributed by atoms with Crippen LogP contribution < -0.4 is 21.1 Å². The summed E-state index contributed by atoms with van der Waals surface area (Å²) < 4.78 is 0. The van der Waals surface area contributed by atoms with Gasteiger partial charge in [0.2, 0.25) is 0 Å². The number of benzene rings is 4. The molecule has 1 atom stereocenters. The summed E-state index contributed by atoms with van der Waals surface area (Å²) in [6, 6.07) is 32.7. The molecule has 2 amide bonds. The lowest BCUT2D eigenvalue weighted by Gasteiger charge is -2.26. The lowest BCUT2D eigenvalue weighted by atomic mass is 9.99. The molecule has 0 bridgehead atoms. The summed E-state index contributed by atoms with van der Waals surface area (Å²) in [5.41, 5.74) is 12.8. The number of carbonyl (C=O) groups is 2. The second kappa shape index (κ2) is 11.6. The van der Waals surface area contributed by atoms with Crippen LogP contribution >= 0.6 is 0 Å². The third-order valence-electron chi connectivity index (χ3n) is 6.81. The van der Waals surface area contributed by atoms with Crippen LogP contribution in [0.1, 0.15) is 43.0 Å². The van der Waals surface area contributed by atoms with Gasteiger partial charge in [-0.05, 0) is 42.0 Å². The van der Waals surface area contributed by atoms with Gasteiger partial charge in [0.15, 0.2) is 0 Å². The first kappa shape index (κ1) is 25.0. The zero-order valence-electron chi connectivity index (χ0n) is 21.2. The summed E-state index contributed by atoms with van der Waals surface area (Å²) in [6.45, 7) is 7.10. The van der Waals surface area contributed by atoms with E-state index in [1.54, 1.807) is 18.2 Å². The zero-order chi connectivity index (χ0) is 26.3. The Labute approximate surface area is 223 Å². The van der Waals surface area contributed by atoms with E-state index in [1.807, 2.05) is 60.7 Å². The van der Waals surface area contributed by atoms with Gasteiger partial charge in [-0.3, -0.25) is 20.4 Å². The van der Waals surface area contributed by atoms with Crippen LogP contribution in [0.2, 0.25) is 0 Å². The second-order valence-corrected chi connectivity index (χ2v) is 9.53. The van der Waals surface area contributed by atoms with Crippen LogP contribution in [0, 0.1) is 0 Å². The monoisotopic (exact) mass is 503 g/mol. The Kier molecular flexibility index (Phi) is 7.62. The number of fused-ring (bicyclic) bond motifs is 1. The predicted octanol–water partition coefficient (Wildman–Crippen LogP) is 3.99. The first-order valence-corrected chi connectivity index (χ1v) is 12.8. The minimum Gasteiger partial charge on any atom is -0.327 e. The Bertz CT molecular complexity index is 1450. The summed E-state index contributed by atoms with van der Waals surface area (Å²) in [5.74, 6) is -0.435. The molecular weight excluding hydrogens is 472 g/mol. The standard InChI is InChI=1S/C32H30N4O2/c1-23(28-12-7-13-30(20-28)33-31(37)26-9-3-2-4-10-26)34-35-32(38)27-16-14-24(15-17-27)21-36-19-18-25-8-5-6-11-29(25)22-36/h2-17,20,34H,1,18-19,21-22H2,(H,33,37)(H,35,38)/p+1. The molecule has 0 spiro atoms. The Morgan fingerprint density at radius 3 is 2.18 bits per heavy atom. The van der Waals surface area contributed by atoms with Crippen molar-refractivity contribution in [2.45, 2.75) is 19.5 Å². The number of hydrogen-bond donors (Lipinski definition) is 4. The predicted molar refractivity (Wildman–Crippen MR) is 150 cm³/mol. The molecule has 1 heterocycles. The van der Waals surface area contributed by atoms with Crippen molar-refractivity contribution >= 4 is 23.2 Å². The van der Waals surface area contributed by atoms with E-state index in [2.05, 4.69) is 47.0 Å². The fourth-order valence-electron chi connectivity index (χ4n) is 4.71. The van der Waals surface area contributed by atoms with E-state index < -0.39 is 0 Å². The summed E-state index contributed by atoms with van der Waals surface area (Å²) in [6.07, 6.45) is 1.10. The van der Waals surface area contributed by atoms with Crippen molar-refractivity contribution in [1.29, 1.82) is 0 Å². The quantitative estimate of drug-likeness (QED) is 0.275. The molecule has 4 aromatic carbocycles. The molecule has 38 heavy (non-hydrogen) atoms. The number of nitrogens with one attached hydrogen (secondary N) is 4. The van der Waals surface area contributed by atoms with E-state index in [9.17, 15) is 9.59 Å². The maximum atomic E-state index is 12.7. The molecule has 4 N–H and O–H groups in total.